The predicted octanol–water partition coefficient (Wildman–Crippen LogP) is 2.56. The lowest BCUT2D eigenvalue weighted by atomic mass is 10.1. The fraction of sp³-hybridized carbons (Fsp3) is 0. The monoisotopic (exact) mass is 273 g/mol. The molecule has 1 aromatic carbocycles. The minimum absolute atomic E-state index is 0.0234. The molecule has 2 heterocycles. The summed E-state index contributed by atoms with van der Waals surface area (Å²) in [7, 11) is 0. The number of hydrogen-bond acceptors (Lipinski definition) is 5. The number of nitro groups is 1. The van der Waals surface area contributed by atoms with Crippen LogP contribution in [0.2, 0.25) is 0 Å². The maximum atomic E-state index is 11.8. The van der Waals surface area contributed by atoms with Gasteiger partial charge in [0.1, 0.15) is 4.83 Å². The molecule has 0 aliphatic rings. The first-order valence-corrected chi connectivity index (χ1v) is 6.24. The van der Waals surface area contributed by atoms with Crippen molar-refractivity contribution in [3.05, 3.63) is 56.4 Å². The Kier molecular flexibility index (Phi) is 2.60. The van der Waals surface area contributed by atoms with Crippen molar-refractivity contribution < 1.29 is 4.92 Å². The molecule has 7 heteroatoms. The van der Waals surface area contributed by atoms with Crippen molar-refractivity contribution in [2.24, 2.45) is 0 Å². The van der Waals surface area contributed by atoms with E-state index < -0.39 is 4.92 Å². The van der Waals surface area contributed by atoms with Crippen LogP contribution in [0.5, 0.6) is 0 Å². The lowest BCUT2D eigenvalue weighted by Gasteiger charge is -1.98. The van der Waals surface area contributed by atoms with Gasteiger partial charge >= 0.3 is 0 Å². The molecule has 1 N–H and O–H groups in total. The Labute approximate surface area is 110 Å². The summed E-state index contributed by atoms with van der Waals surface area (Å²) in [5, 5.41) is 13.0. The molecule has 0 bridgehead atoms. The Balaban J connectivity index is 2.19. The normalized spacial score (nSPS) is 10.7. The highest BCUT2D eigenvalue weighted by molar-refractivity contribution is 7.17. The van der Waals surface area contributed by atoms with Crippen LogP contribution in [0, 0.1) is 10.1 Å². The van der Waals surface area contributed by atoms with Gasteiger partial charge in [-0.05, 0) is 17.7 Å². The highest BCUT2D eigenvalue weighted by atomic mass is 32.1. The molecular formula is C12H7N3O3S. The molecule has 94 valence electrons. The van der Waals surface area contributed by atoms with E-state index in [2.05, 4.69) is 9.97 Å². The number of fused-ring (bicyclic) bond motifs is 1. The summed E-state index contributed by atoms with van der Waals surface area (Å²) in [6.07, 6.45) is 1.36. The Morgan fingerprint density at radius 2 is 2.00 bits per heavy atom. The van der Waals surface area contributed by atoms with Crippen LogP contribution in [-0.2, 0) is 0 Å². The van der Waals surface area contributed by atoms with Gasteiger partial charge in [0, 0.05) is 23.1 Å². The molecule has 0 fully saturated rings. The second-order valence-corrected chi connectivity index (χ2v) is 4.72. The number of benzene rings is 1. The second kappa shape index (κ2) is 4.29. The van der Waals surface area contributed by atoms with Gasteiger partial charge in [0.15, 0.2) is 0 Å². The topological polar surface area (TPSA) is 88.9 Å². The molecule has 0 spiro atoms. The molecule has 0 atom stereocenters. The molecule has 3 aromatic rings. The summed E-state index contributed by atoms with van der Waals surface area (Å²) in [4.78, 5) is 29.2. The molecule has 0 aliphatic heterocycles. The summed E-state index contributed by atoms with van der Waals surface area (Å²) in [6, 6.07) is 6.10. The first kappa shape index (κ1) is 11.5. The van der Waals surface area contributed by atoms with Crippen LogP contribution >= 0.6 is 11.3 Å². The molecule has 0 unspecified atom stereocenters. The maximum Gasteiger partial charge on any atom is 0.269 e. The van der Waals surface area contributed by atoms with Crippen molar-refractivity contribution in [2.45, 2.75) is 0 Å². The number of nitrogens with one attached hydrogen (secondary N) is 1. The highest BCUT2D eigenvalue weighted by Crippen LogP contribution is 2.31. The lowest BCUT2D eigenvalue weighted by Crippen LogP contribution is -2.05. The van der Waals surface area contributed by atoms with Crippen LogP contribution < -0.4 is 5.56 Å². The van der Waals surface area contributed by atoms with E-state index in [0.717, 1.165) is 11.1 Å². The third-order valence-electron chi connectivity index (χ3n) is 2.77. The number of rotatable bonds is 2. The molecule has 6 nitrogen and oxygen atoms in total. The van der Waals surface area contributed by atoms with Gasteiger partial charge in [-0.15, -0.1) is 11.3 Å². The number of nitro benzene ring substituents is 1. The van der Waals surface area contributed by atoms with E-state index in [0.29, 0.717) is 10.2 Å². The van der Waals surface area contributed by atoms with Gasteiger partial charge in [-0.1, -0.05) is 0 Å². The highest BCUT2D eigenvalue weighted by Gasteiger charge is 2.12. The average molecular weight is 273 g/mol. The van der Waals surface area contributed by atoms with Crippen molar-refractivity contribution in [1.29, 1.82) is 0 Å². The molecule has 0 saturated heterocycles. The van der Waals surface area contributed by atoms with E-state index in [1.807, 2.05) is 5.38 Å². The van der Waals surface area contributed by atoms with Gasteiger partial charge in [0.2, 0.25) is 0 Å². The zero-order valence-corrected chi connectivity index (χ0v) is 10.3. The Morgan fingerprint density at radius 1 is 1.26 bits per heavy atom. The van der Waals surface area contributed by atoms with Gasteiger partial charge in [-0.25, -0.2) is 4.98 Å². The zero-order valence-electron chi connectivity index (χ0n) is 9.49. The number of hydrogen-bond donors (Lipinski definition) is 1. The number of aromatic nitrogens is 2. The fourth-order valence-corrected chi connectivity index (χ4v) is 2.78. The molecule has 19 heavy (non-hydrogen) atoms. The molecule has 0 aliphatic carbocycles. The third-order valence-corrected chi connectivity index (χ3v) is 3.65. The minimum Gasteiger partial charge on any atom is -0.313 e. The zero-order chi connectivity index (χ0) is 13.4. The van der Waals surface area contributed by atoms with Crippen LogP contribution in [0.15, 0.2) is 40.8 Å². The minimum atomic E-state index is -0.454. The van der Waals surface area contributed by atoms with Crippen molar-refractivity contribution in [1.82, 2.24) is 9.97 Å². The first-order chi connectivity index (χ1) is 9.16. The average Bonchev–Trinajstić information content (AvgIpc) is 2.84. The van der Waals surface area contributed by atoms with E-state index >= 15 is 0 Å². The molecule has 0 amide bonds. The van der Waals surface area contributed by atoms with Gasteiger partial charge in [0.05, 0.1) is 16.6 Å². The maximum absolute atomic E-state index is 11.8. The third kappa shape index (κ3) is 1.89. The predicted molar refractivity (Wildman–Crippen MR) is 72.3 cm³/mol. The Morgan fingerprint density at radius 3 is 2.68 bits per heavy atom. The Hall–Kier alpha value is -2.54. The number of thiophene rings is 1. The van der Waals surface area contributed by atoms with Crippen molar-refractivity contribution in [3.8, 4) is 11.1 Å². The summed E-state index contributed by atoms with van der Waals surface area (Å²) in [5.41, 5.74) is 1.31. The van der Waals surface area contributed by atoms with Crippen LogP contribution in [0.3, 0.4) is 0 Å². The van der Waals surface area contributed by atoms with Gasteiger partial charge < -0.3 is 4.98 Å². The van der Waals surface area contributed by atoms with Crippen molar-refractivity contribution in [2.75, 3.05) is 0 Å². The fourth-order valence-electron chi connectivity index (χ4n) is 1.86. The summed E-state index contributed by atoms with van der Waals surface area (Å²) < 4.78 is 0. The van der Waals surface area contributed by atoms with Crippen LogP contribution in [0.1, 0.15) is 0 Å². The van der Waals surface area contributed by atoms with Crippen molar-refractivity contribution in [3.63, 3.8) is 0 Å². The molecule has 3 rings (SSSR count). The number of non-ortho nitro benzene ring substituents is 1. The van der Waals surface area contributed by atoms with E-state index in [1.54, 1.807) is 12.1 Å². The van der Waals surface area contributed by atoms with Gasteiger partial charge in [0.25, 0.3) is 11.2 Å². The van der Waals surface area contributed by atoms with Crippen LogP contribution in [-0.4, -0.2) is 14.9 Å². The summed E-state index contributed by atoms with van der Waals surface area (Å²) >= 11 is 1.37. The van der Waals surface area contributed by atoms with Gasteiger partial charge in [-0.3, -0.25) is 14.9 Å². The van der Waals surface area contributed by atoms with E-state index in [9.17, 15) is 14.9 Å². The van der Waals surface area contributed by atoms with Crippen molar-refractivity contribution >= 4 is 27.2 Å². The smallest absolute Gasteiger partial charge is 0.269 e. The Bertz CT molecular complexity index is 820. The number of aromatic amines is 1. The molecular weight excluding hydrogens is 266 g/mol. The molecule has 0 radical (unpaired) electrons. The quantitative estimate of drug-likeness (QED) is 0.574. The number of nitrogens with zero attached hydrogens (tertiary/aromatic N) is 2. The standard InChI is InChI=1S/C12H7N3O3S/c16-11-10-9(5-19-12(10)14-6-13-11)7-1-3-8(4-2-7)15(17)18/h1-6H,(H,13,14,16). The van der Waals surface area contributed by atoms with E-state index in [4.69, 9.17) is 0 Å². The SMILES string of the molecule is O=c1[nH]cnc2scc(-c3ccc([N+](=O)[O-])cc3)c12. The molecule has 0 saturated carbocycles. The van der Waals surface area contributed by atoms with E-state index in [-0.39, 0.29) is 11.2 Å². The van der Waals surface area contributed by atoms with Crippen LogP contribution in [0.4, 0.5) is 5.69 Å². The first-order valence-electron chi connectivity index (χ1n) is 5.36. The van der Waals surface area contributed by atoms with E-state index in [1.165, 1.54) is 29.8 Å². The largest absolute Gasteiger partial charge is 0.313 e. The summed E-state index contributed by atoms with van der Waals surface area (Å²) in [5.74, 6) is 0. The molecule has 2 aromatic heterocycles. The lowest BCUT2D eigenvalue weighted by molar-refractivity contribution is -0.384. The number of H-pyrrole nitrogens is 1. The summed E-state index contributed by atoms with van der Waals surface area (Å²) in [6.45, 7) is 0. The van der Waals surface area contributed by atoms with Gasteiger partial charge in [-0.2, -0.15) is 0 Å². The van der Waals surface area contributed by atoms with Crippen LogP contribution in [0.25, 0.3) is 21.3 Å². The second-order valence-electron chi connectivity index (χ2n) is 3.87.